The monoisotopic (exact) mass is 310 g/mol. The molecule has 1 aromatic heterocycles. The van der Waals surface area contributed by atoms with Crippen LogP contribution in [0.5, 0.6) is 0 Å². The maximum Gasteiger partial charge on any atom is 0.296 e. The van der Waals surface area contributed by atoms with Crippen LogP contribution in [0.1, 0.15) is 5.69 Å². The van der Waals surface area contributed by atoms with Crippen molar-refractivity contribution in [1.29, 1.82) is 0 Å². The van der Waals surface area contributed by atoms with Gasteiger partial charge in [-0.25, -0.2) is 4.68 Å². The summed E-state index contributed by atoms with van der Waals surface area (Å²) in [7, 11) is 1.63. The summed E-state index contributed by atoms with van der Waals surface area (Å²) in [6, 6.07) is 6.30. The van der Waals surface area contributed by atoms with Gasteiger partial charge in [0.15, 0.2) is 0 Å². The molecule has 112 valence electrons. The van der Waals surface area contributed by atoms with Crippen molar-refractivity contribution in [3.05, 3.63) is 51.3 Å². The third kappa shape index (κ3) is 4.01. The summed E-state index contributed by atoms with van der Waals surface area (Å²) in [5.41, 5.74) is 1.09. The molecule has 0 unspecified atom stereocenters. The van der Waals surface area contributed by atoms with Crippen LogP contribution in [-0.4, -0.2) is 35.0 Å². The van der Waals surface area contributed by atoms with Crippen molar-refractivity contribution < 1.29 is 9.66 Å². The van der Waals surface area contributed by atoms with Gasteiger partial charge < -0.3 is 10.1 Å². The Labute approximate surface area is 126 Å². The number of nitrogens with zero attached hydrogens (tertiary/aromatic N) is 3. The highest BCUT2D eigenvalue weighted by atomic mass is 35.5. The molecule has 0 aliphatic carbocycles. The number of aromatic nitrogens is 2. The van der Waals surface area contributed by atoms with E-state index in [1.807, 2.05) is 0 Å². The predicted octanol–water partition coefficient (Wildman–Crippen LogP) is 2.17. The van der Waals surface area contributed by atoms with E-state index in [9.17, 15) is 10.1 Å². The Hall–Kier alpha value is -1.96. The van der Waals surface area contributed by atoms with Crippen molar-refractivity contribution >= 4 is 17.3 Å². The number of ether oxygens (including phenoxy) is 1. The van der Waals surface area contributed by atoms with Crippen LogP contribution in [0.25, 0.3) is 5.69 Å². The van der Waals surface area contributed by atoms with Gasteiger partial charge in [-0.15, -0.1) is 0 Å². The lowest BCUT2D eigenvalue weighted by Crippen LogP contribution is -2.18. The number of benzene rings is 1. The molecule has 1 aromatic carbocycles. The van der Waals surface area contributed by atoms with Gasteiger partial charge in [0.25, 0.3) is 5.69 Å². The Morgan fingerprint density at radius 2 is 2.29 bits per heavy atom. The van der Waals surface area contributed by atoms with Crippen molar-refractivity contribution in [2.24, 2.45) is 0 Å². The summed E-state index contributed by atoms with van der Waals surface area (Å²) >= 11 is 5.80. The van der Waals surface area contributed by atoms with Gasteiger partial charge in [-0.3, -0.25) is 10.1 Å². The van der Waals surface area contributed by atoms with Gasteiger partial charge in [-0.1, -0.05) is 11.6 Å². The van der Waals surface area contributed by atoms with Gasteiger partial charge in [0.2, 0.25) is 0 Å². The molecule has 0 fully saturated rings. The van der Waals surface area contributed by atoms with Crippen LogP contribution in [-0.2, 0) is 11.3 Å². The average molecular weight is 311 g/mol. The Bertz CT molecular complexity index is 630. The third-order valence-corrected chi connectivity index (χ3v) is 3.05. The number of nitro benzene ring substituents is 1. The fourth-order valence-corrected chi connectivity index (χ4v) is 1.98. The first kappa shape index (κ1) is 15.4. The van der Waals surface area contributed by atoms with Gasteiger partial charge >= 0.3 is 0 Å². The van der Waals surface area contributed by atoms with Gasteiger partial charge in [-0.2, -0.15) is 5.10 Å². The first-order valence-corrected chi connectivity index (χ1v) is 6.68. The number of rotatable bonds is 7. The molecule has 1 heterocycles. The van der Waals surface area contributed by atoms with Crippen molar-refractivity contribution in [3.8, 4) is 5.69 Å². The van der Waals surface area contributed by atoms with Gasteiger partial charge in [0, 0.05) is 37.5 Å². The van der Waals surface area contributed by atoms with Crippen LogP contribution >= 0.6 is 11.6 Å². The fraction of sp³-hybridized carbons (Fsp3) is 0.308. The van der Waals surface area contributed by atoms with Crippen molar-refractivity contribution in [3.63, 3.8) is 0 Å². The molecular formula is C13H15ClN4O3. The third-order valence-electron chi connectivity index (χ3n) is 2.81. The topological polar surface area (TPSA) is 82.2 Å². The van der Waals surface area contributed by atoms with E-state index in [0.29, 0.717) is 30.4 Å². The normalized spacial score (nSPS) is 10.8. The molecule has 0 aliphatic rings. The standard InChI is InChI=1S/C13H15ClN4O3/c1-21-7-5-15-9-11-4-6-17(16-11)12-3-2-10(14)8-13(12)18(19)20/h2-4,6,8,15H,5,7,9H2,1H3. The number of nitro groups is 1. The zero-order chi connectivity index (χ0) is 15.2. The first-order chi connectivity index (χ1) is 10.1. The largest absolute Gasteiger partial charge is 0.383 e. The lowest BCUT2D eigenvalue weighted by atomic mass is 10.3. The van der Waals surface area contributed by atoms with E-state index in [4.69, 9.17) is 16.3 Å². The zero-order valence-corrected chi connectivity index (χ0v) is 12.2. The maximum atomic E-state index is 11.1. The Morgan fingerprint density at radius 1 is 1.48 bits per heavy atom. The molecule has 2 aromatic rings. The van der Waals surface area contributed by atoms with E-state index in [2.05, 4.69) is 10.4 Å². The highest BCUT2D eigenvalue weighted by molar-refractivity contribution is 6.30. The number of nitrogens with one attached hydrogen (secondary N) is 1. The van der Waals surface area contributed by atoms with Gasteiger partial charge in [0.05, 0.1) is 17.2 Å². The quantitative estimate of drug-likeness (QED) is 0.481. The summed E-state index contributed by atoms with van der Waals surface area (Å²) in [5, 5.41) is 18.9. The SMILES string of the molecule is COCCNCc1ccn(-c2ccc(Cl)cc2[N+](=O)[O-])n1. The Morgan fingerprint density at radius 3 is 3.00 bits per heavy atom. The average Bonchev–Trinajstić information content (AvgIpc) is 2.92. The molecule has 2 rings (SSSR count). The summed E-state index contributed by atoms with van der Waals surface area (Å²) in [5.74, 6) is 0. The summed E-state index contributed by atoms with van der Waals surface area (Å²) in [4.78, 5) is 10.6. The lowest BCUT2D eigenvalue weighted by Gasteiger charge is -2.04. The molecule has 8 heteroatoms. The Kier molecular flexibility index (Phi) is 5.26. The van der Waals surface area contributed by atoms with E-state index < -0.39 is 4.92 Å². The second-order valence-electron chi connectivity index (χ2n) is 4.31. The predicted molar refractivity (Wildman–Crippen MR) is 78.8 cm³/mol. The van der Waals surface area contributed by atoms with Gasteiger partial charge in [0.1, 0.15) is 5.69 Å². The van der Waals surface area contributed by atoms with E-state index in [0.717, 1.165) is 5.69 Å². The number of halogens is 1. The van der Waals surface area contributed by atoms with Crippen molar-refractivity contribution in [2.45, 2.75) is 6.54 Å². The molecule has 7 nitrogen and oxygen atoms in total. The molecule has 0 bridgehead atoms. The van der Waals surface area contributed by atoms with Crippen molar-refractivity contribution in [2.75, 3.05) is 20.3 Å². The van der Waals surface area contributed by atoms with E-state index in [1.165, 1.54) is 10.7 Å². The second-order valence-corrected chi connectivity index (χ2v) is 4.75. The fourth-order valence-electron chi connectivity index (χ4n) is 1.82. The van der Waals surface area contributed by atoms with Crippen LogP contribution in [0.15, 0.2) is 30.5 Å². The molecule has 21 heavy (non-hydrogen) atoms. The minimum absolute atomic E-state index is 0.0792. The molecule has 0 amide bonds. The highest BCUT2D eigenvalue weighted by Gasteiger charge is 2.16. The number of methoxy groups -OCH3 is 1. The molecule has 0 radical (unpaired) electrons. The molecular weight excluding hydrogens is 296 g/mol. The second kappa shape index (κ2) is 7.16. The number of hydrogen-bond acceptors (Lipinski definition) is 5. The molecule has 0 spiro atoms. The summed E-state index contributed by atoms with van der Waals surface area (Å²) < 4.78 is 6.41. The lowest BCUT2D eigenvalue weighted by molar-refractivity contribution is -0.384. The zero-order valence-electron chi connectivity index (χ0n) is 11.5. The molecule has 0 aliphatic heterocycles. The molecule has 0 saturated carbocycles. The number of hydrogen-bond donors (Lipinski definition) is 1. The first-order valence-electron chi connectivity index (χ1n) is 6.30. The van der Waals surface area contributed by atoms with E-state index in [1.54, 1.807) is 31.5 Å². The highest BCUT2D eigenvalue weighted by Crippen LogP contribution is 2.26. The molecule has 1 N–H and O–H groups in total. The van der Waals surface area contributed by atoms with Gasteiger partial charge in [-0.05, 0) is 18.2 Å². The van der Waals surface area contributed by atoms with Crippen molar-refractivity contribution in [1.82, 2.24) is 15.1 Å². The van der Waals surface area contributed by atoms with E-state index >= 15 is 0 Å². The van der Waals surface area contributed by atoms with Crippen LogP contribution in [0.2, 0.25) is 5.02 Å². The summed E-state index contributed by atoms with van der Waals surface area (Å²) in [6.07, 6.45) is 1.68. The molecule has 0 atom stereocenters. The van der Waals surface area contributed by atoms with Crippen LogP contribution < -0.4 is 5.32 Å². The minimum atomic E-state index is -0.473. The minimum Gasteiger partial charge on any atom is -0.383 e. The summed E-state index contributed by atoms with van der Waals surface area (Å²) in [6.45, 7) is 1.89. The van der Waals surface area contributed by atoms with Crippen LogP contribution in [0, 0.1) is 10.1 Å². The maximum absolute atomic E-state index is 11.1. The van der Waals surface area contributed by atoms with E-state index in [-0.39, 0.29) is 5.69 Å². The van der Waals surface area contributed by atoms with Crippen LogP contribution in [0.4, 0.5) is 5.69 Å². The smallest absolute Gasteiger partial charge is 0.296 e. The molecule has 0 saturated heterocycles. The Balaban J connectivity index is 2.16. The van der Waals surface area contributed by atoms with Crippen LogP contribution in [0.3, 0.4) is 0 Å².